The van der Waals surface area contributed by atoms with Gasteiger partial charge in [-0.3, -0.25) is 14.4 Å². The van der Waals surface area contributed by atoms with Crippen LogP contribution in [0.5, 0.6) is 0 Å². The fraction of sp³-hybridized carbons (Fsp3) is 0.190. The lowest BCUT2D eigenvalue weighted by Gasteiger charge is -2.16. The van der Waals surface area contributed by atoms with Crippen LogP contribution < -0.4 is 16.0 Å². The summed E-state index contributed by atoms with van der Waals surface area (Å²) in [5, 5.41) is 2.75. The largest absolute Gasteiger partial charge is 0.366 e. The van der Waals surface area contributed by atoms with E-state index in [1.807, 2.05) is 30.3 Å². The number of para-hydroxylation sites is 1. The molecule has 136 valence electrons. The lowest BCUT2D eigenvalue weighted by Crippen LogP contribution is -2.33. The number of hydrogen-bond donors (Lipinski definition) is 2. The first kappa shape index (κ1) is 18.2. The van der Waals surface area contributed by atoms with Crippen molar-refractivity contribution in [1.29, 1.82) is 0 Å². The number of benzene rings is 2. The zero-order chi connectivity index (χ0) is 19.2. The number of primary amides is 1. The maximum atomic E-state index is 12.3. The molecule has 1 atom stereocenters. The van der Waals surface area contributed by atoms with Gasteiger partial charge >= 0.3 is 0 Å². The minimum Gasteiger partial charge on any atom is -0.366 e. The number of anilines is 1. The molecule has 2 aromatic carbocycles. The van der Waals surface area contributed by atoms with Gasteiger partial charge in [0.05, 0.1) is 12.5 Å². The van der Waals surface area contributed by atoms with Gasteiger partial charge in [-0.1, -0.05) is 30.0 Å². The number of nitrogens with zero attached hydrogens (tertiary/aromatic N) is 1. The highest BCUT2D eigenvalue weighted by atomic mass is 16.2. The van der Waals surface area contributed by atoms with Crippen LogP contribution in [0.2, 0.25) is 0 Å². The molecule has 0 aromatic heterocycles. The molecule has 1 unspecified atom stereocenters. The molecular formula is C21H19N3O3. The number of hydrogen-bond acceptors (Lipinski definition) is 3. The molecule has 1 heterocycles. The summed E-state index contributed by atoms with van der Waals surface area (Å²) in [6, 6.07) is 15.9. The molecule has 1 aliphatic heterocycles. The standard InChI is InChI=1S/C21H19N3O3/c22-20(26)16-10-8-15(9-11-16)5-4-12-23-21(27)17-13-19(25)24(14-17)18-6-2-1-3-7-18/h1-3,6-11,17H,12-14H2,(H2,22,26)(H,23,27). The minimum atomic E-state index is -0.488. The predicted molar refractivity (Wildman–Crippen MR) is 102 cm³/mol. The normalized spacial score (nSPS) is 15.8. The Morgan fingerprint density at radius 2 is 1.81 bits per heavy atom. The molecule has 3 rings (SSSR count). The Morgan fingerprint density at radius 3 is 2.48 bits per heavy atom. The van der Waals surface area contributed by atoms with Gasteiger partial charge in [0.25, 0.3) is 0 Å². The maximum Gasteiger partial charge on any atom is 0.248 e. The first-order valence-corrected chi connectivity index (χ1v) is 8.56. The number of nitrogens with two attached hydrogens (primary N) is 1. The van der Waals surface area contributed by atoms with Crippen LogP contribution in [0, 0.1) is 17.8 Å². The van der Waals surface area contributed by atoms with Crippen LogP contribution in [0.15, 0.2) is 54.6 Å². The summed E-state index contributed by atoms with van der Waals surface area (Å²) in [6.45, 7) is 0.559. The SMILES string of the molecule is NC(=O)c1ccc(C#CCNC(=O)C2CC(=O)N(c3ccccc3)C2)cc1. The summed E-state index contributed by atoms with van der Waals surface area (Å²) < 4.78 is 0. The highest BCUT2D eigenvalue weighted by Gasteiger charge is 2.34. The van der Waals surface area contributed by atoms with Crippen LogP contribution in [0.25, 0.3) is 0 Å². The smallest absolute Gasteiger partial charge is 0.248 e. The molecule has 1 aliphatic rings. The molecular weight excluding hydrogens is 342 g/mol. The molecule has 0 saturated carbocycles. The molecule has 6 nitrogen and oxygen atoms in total. The van der Waals surface area contributed by atoms with E-state index in [-0.39, 0.29) is 30.7 Å². The Labute approximate surface area is 157 Å². The van der Waals surface area contributed by atoms with Gasteiger partial charge in [-0.2, -0.15) is 0 Å². The molecule has 3 N–H and O–H groups in total. The Kier molecular flexibility index (Phi) is 5.53. The molecule has 3 amide bonds. The minimum absolute atomic E-state index is 0.0537. The van der Waals surface area contributed by atoms with Crippen molar-refractivity contribution < 1.29 is 14.4 Å². The van der Waals surface area contributed by atoms with Crippen molar-refractivity contribution in [3.8, 4) is 11.8 Å². The van der Waals surface area contributed by atoms with Crippen LogP contribution in [-0.4, -0.2) is 30.8 Å². The predicted octanol–water partition coefficient (Wildman–Crippen LogP) is 1.31. The molecule has 6 heteroatoms. The Morgan fingerprint density at radius 1 is 1.11 bits per heavy atom. The number of amides is 3. The molecule has 0 bridgehead atoms. The zero-order valence-electron chi connectivity index (χ0n) is 14.6. The van der Waals surface area contributed by atoms with E-state index in [0.717, 1.165) is 11.3 Å². The van der Waals surface area contributed by atoms with Gasteiger partial charge in [0.2, 0.25) is 17.7 Å². The summed E-state index contributed by atoms with van der Waals surface area (Å²) in [6.07, 6.45) is 0.197. The van der Waals surface area contributed by atoms with Crippen molar-refractivity contribution in [2.75, 3.05) is 18.0 Å². The average Bonchev–Trinajstić information content (AvgIpc) is 3.08. The number of carbonyl (C=O) groups excluding carboxylic acids is 3. The second-order valence-electron chi connectivity index (χ2n) is 6.20. The lowest BCUT2D eigenvalue weighted by molar-refractivity contribution is -0.126. The molecule has 0 radical (unpaired) electrons. The Hall–Kier alpha value is -3.59. The summed E-state index contributed by atoms with van der Waals surface area (Å²) in [5.41, 5.74) is 7.13. The second kappa shape index (κ2) is 8.19. The van der Waals surface area contributed by atoms with Crippen LogP contribution in [0.1, 0.15) is 22.3 Å². The third-order valence-corrected chi connectivity index (χ3v) is 4.32. The first-order valence-electron chi connectivity index (χ1n) is 8.56. The Bertz CT molecular complexity index is 911. The highest BCUT2D eigenvalue weighted by Crippen LogP contribution is 2.24. The third-order valence-electron chi connectivity index (χ3n) is 4.32. The topological polar surface area (TPSA) is 92.5 Å². The van der Waals surface area contributed by atoms with Gasteiger partial charge in [-0.25, -0.2) is 0 Å². The van der Waals surface area contributed by atoms with E-state index in [0.29, 0.717) is 12.1 Å². The average molecular weight is 361 g/mol. The monoisotopic (exact) mass is 361 g/mol. The lowest BCUT2D eigenvalue weighted by atomic mass is 10.1. The van der Waals surface area contributed by atoms with Crippen LogP contribution >= 0.6 is 0 Å². The molecule has 0 aliphatic carbocycles. The van der Waals surface area contributed by atoms with Gasteiger partial charge in [-0.15, -0.1) is 0 Å². The van der Waals surface area contributed by atoms with Gasteiger partial charge in [0.1, 0.15) is 0 Å². The summed E-state index contributed by atoms with van der Waals surface area (Å²) in [7, 11) is 0. The number of carbonyl (C=O) groups is 3. The first-order chi connectivity index (χ1) is 13.0. The summed E-state index contributed by atoms with van der Waals surface area (Å²) in [4.78, 5) is 37.1. The summed E-state index contributed by atoms with van der Waals surface area (Å²) >= 11 is 0. The maximum absolute atomic E-state index is 12.3. The van der Waals surface area contributed by atoms with E-state index in [1.54, 1.807) is 29.2 Å². The van der Waals surface area contributed by atoms with E-state index in [1.165, 1.54) is 0 Å². The van der Waals surface area contributed by atoms with Gasteiger partial charge in [-0.05, 0) is 36.4 Å². The van der Waals surface area contributed by atoms with Crippen molar-refractivity contribution in [3.05, 3.63) is 65.7 Å². The van der Waals surface area contributed by atoms with Crippen LogP contribution in [0.4, 0.5) is 5.69 Å². The fourth-order valence-electron chi connectivity index (χ4n) is 2.88. The molecule has 1 saturated heterocycles. The van der Waals surface area contributed by atoms with E-state index < -0.39 is 5.91 Å². The van der Waals surface area contributed by atoms with Crippen LogP contribution in [-0.2, 0) is 9.59 Å². The van der Waals surface area contributed by atoms with Gasteiger partial charge in [0, 0.05) is 29.8 Å². The number of nitrogens with one attached hydrogen (secondary N) is 1. The third kappa shape index (κ3) is 4.53. The second-order valence-corrected chi connectivity index (χ2v) is 6.20. The fourth-order valence-corrected chi connectivity index (χ4v) is 2.88. The quantitative estimate of drug-likeness (QED) is 0.804. The van der Waals surface area contributed by atoms with Gasteiger partial charge < -0.3 is 16.0 Å². The van der Waals surface area contributed by atoms with Crippen molar-refractivity contribution >= 4 is 23.4 Å². The van der Waals surface area contributed by atoms with Crippen LogP contribution in [0.3, 0.4) is 0 Å². The van der Waals surface area contributed by atoms with E-state index in [4.69, 9.17) is 5.73 Å². The van der Waals surface area contributed by atoms with E-state index in [9.17, 15) is 14.4 Å². The Balaban J connectivity index is 1.52. The van der Waals surface area contributed by atoms with Crippen molar-refractivity contribution in [2.24, 2.45) is 11.7 Å². The molecule has 1 fully saturated rings. The van der Waals surface area contributed by atoms with Crippen molar-refractivity contribution in [3.63, 3.8) is 0 Å². The molecule has 2 aromatic rings. The number of rotatable bonds is 4. The summed E-state index contributed by atoms with van der Waals surface area (Å²) in [5.74, 6) is 4.67. The van der Waals surface area contributed by atoms with E-state index in [2.05, 4.69) is 17.2 Å². The molecule has 27 heavy (non-hydrogen) atoms. The van der Waals surface area contributed by atoms with E-state index >= 15 is 0 Å². The van der Waals surface area contributed by atoms with Crippen molar-refractivity contribution in [2.45, 2.75) is 6.42 Å². The van der Waals surface area contributed by atoms with Gasteiger partial charge in [0.15, 0.2) is 0 Å². The molecule has 0 spiro atoms. The highest BCUT2D eigenvalue weighted by molar-refractivity contribution is 6.00. The zero-order valence-corrected chi connectivity index (χ0v) is 14.6. The van der Waals surface area contributed by atoms with Crippen molar-refractivity contribution in [1.82, 2.24) is 5.32 Å².